The Kier molecular flexibility index (Phi) is 9.74. The normalized spacial score (nSPS) is 14.8. The smallest absolute Gasteiger partial charge is 0.261 e. The Bertz CT molecular complexity index is 1260. The SMILES string of the molecule is CC[C@@H](C(=O)NC1CCCCC1)N(Cc1ccc(Cl)cc1Cl)C(=O)COc1ccc2ccccc2c1Br. The zero-order valence-electron chi connectivity index (χ0n) is 20.8. The Balaban J connectivity index is 1.55. The van der Waals surface area contributed by atoms with Crippen molar-refractivity contribution in [2.75, 3.05) is 6.61 Å². The highest BCUT2D eigenvalue weighted by molar-refractivity contribution is 9.10. The first kappa shape index (κ1) is 27.7. The van der Waals surface area contributed by atoms with Crippen LogP contribution in [-0.4, -0.2) is 35.4 Å². The lowest BCUT2D eigenvalue weighted by Gasteiger charge is -2.33. The van der Waals surface area contributed by atoms with Crippen molar-refractivity contribution in [2.24, 2.45) is 0 Å². The fraction of sp³-hybridized carbons (Fsp3) is 0.379. The Labute approximate surface area is 236 Å². The zero-order valence-corrected chi connectivity index (χ0v) is 23.9. The fourth-order valence-electron chi connectivity index (χ4n) is 4.84. The van der Waals surface area contributed by atoms with Gasteiger partial charge in [0.05, 0.1) is 4.47 Å². The summed E-state index contributed by atoms with van der Waals surface area (Å²) in [6, 6.07) is 16.4. The van der Waals surface area contributed by atoms with Crippen molar-refractivity contribution in [3.63, 3.8) is 0 Å². The van der Waals surface area contributed by atoms with Crippen LogP contribution < -0.4 is 10.1 Å². The largest absolute Gasteiger partial charge is 0.483 e. The summed E-state index contributed by atoms with van der Waals surface area (Å²) in [5.74, 6) is 0.132. The first-order chi connectivity index (χ1) is 17.9. The van der Waals surface area contributed by atoms with Gasteiger partial charge in [-0.3, -0.25) is 9.59 Å². The summed E-state index contributed by atoms with van der Waals surface area (Å²) in [7, 11) is 0. The number of amides is 2. The maximum absolute atomic E-state index is 13.6. The number of nitrogens with zero attached hydrogens (tertiary/aromatic N) is 1. The van der Waals surface area contributed by atoms with Crippen LogP contribution in [0.2, 0.25) is 10.0 Å². The molecule has 0 unspecified atom stereocenters. The van der Waals surface area contributed by atoms with E-state index in [1.807, 2.05) is 43.3 Å². The monoisotopic (exact) mass is 604 g/mol. The molecule has 37 heavy (non-hydrogen) atoms. The van der Waals surface area contributed by atoms with E-state index < -0.39 is 6.04 Å². The number of carbonyl (C=O) groups is 2. The molecule has 0 heterocycles. The number of benzene rings is 3. The minimum Gasteiger partial charge on any atom is -0.483 e. The highest BCUT2D eigenvalue weighted by atomic mass is 79.9. The maximum Gasteiger partial charge on any atom is 0.261 e. The van der Waals surface area contributed by atoms with Gasteiger partial charge in [0.15, 0.2) is 6.61 Å². The second kappa shape index (κ2) is 13.0. The van der Waals surface area contributed by atoms with Crippen molar-refractivity contribution in [3.8, 4) is 5.75 Å². The molecular weight excluding hydrogens is 575 g/mol. The Morgan fingerprint density at radius 3 is 2.57 bits per heavy atom. The molecule has 0 aliphatic heterocycles. The summed E-state index contributed by atoms with van der Waals surface area (Å²) in [5, 5.41) is 6.21. The van der Waals surface area contributed by atoms with Gasteiger partial charge in [-0.2, -0.15) is 0 Å². The quantitative estimate of drug-likeness (QED) is 0.274. The predicted molar refractivity (Wildman–Crippen MR) is 153 cm³/mol. The van der Waals surface area contributed by atoms with Gasteiger partial charge < -0.3 is 15.0 Å². The molecule has 4 rings (SSSR count). The Morgan fingerprint density at radius 1 is 1.08 bits per heavy atom. The van der Waals surface area contributed by atoms with Crippen LogP contribution in [0.15, 0.2) is 59.1 Å². The number of carbonyl (C=O) groups excluding carboxylic acids is 2. The molecule has 1 N–H and O–H groups in total. The van der Waals surface area contributed by atoms with Crippen molar-refractivity contribution in [1.29, 1.82) is 0 Å². The molecule has 3 aromatic carbocycles. The highest BCUT2D eigenvalue weighted by Crippen LogP contribution is 2.33. The molecule has 2 amide bonds. The van der Waals surface area contributed by atoms with Gasteiger partial charge in [-0.25, -0.2) is 0 Å². The molecule has 0 bridgehead atoms. The molecule has 1 aliphatic rings. The van der Waals surface area contributed by atoms with Crippen LogP contribution in [0.4, 0.5) is 0 Å². The van der Waals surface area contributed by atoms with Gasteiger partial charge in [0.25, 0.3) is 5.91 Å². The summed E-state index contributed by atoms with van der Waals surface area (Å²) in [6.07, 6.45) is 5.83. The highest BCUT2D eigenvalue weighted by Gasteiger charge is 2.31. The first-order valence-electron chi connectivity index (χ1n) is 12.7. The van der Waals surface area contributed by atoms with E-state index in [0.717, 1.165) is 46.5 Å². The summed E-state index contributed by atoms with van der Waals surface area (Å²) in [5.41, 5.74) is 0.718. The minimum atomic E-state index is -0.648. The third kappa shape index (κ3) is 6.98. The topological polar surface area (TPSA) is 58.6 Å². The number of hydrogen-bond acceptors (Lipinski definition) is 3. The predicted octanol–water partition coefficient (Wildman–Crippen LogP) is 7.54. The van der Waals surface area contributed by atoms with Crippen LogP contribution in [0.1, 0.15) is 51.0 Å². The fourth-order valence-corrected chi connectivity index (χ4v) is 5.92. The lowest BCUT2D eigenvalue weighted by atomic mass is 9.95. The van der Waals surface area contributed by atoms with Crippen molar-refractivity contribution < 1.29 is 14.3 Å². The lowest BCUT2D eigenvalue weighted by Crippen LogP contribution is -2.52. The van der Waals surface area contributed by atoms with E-state index in [-0.39, 0.29) is 31.0 Å². The van der Waals surface area contributed by atoms with E-state index in [1.165, 1.54) is 6.42 Å². The van der Waals surface area contributed by atoms with Crippen molar-refractivity contribution in [1.82, 2.24) is 10.2 Å². The van der Waals surface area contributed by atoms with Crippen LogP contribution >= 0.6 is 39.1 Å². The van der Waals surface area contributed by atoms with Gasteiger partial charge in [-0.15, -0.1) is 0 Å². The second-order valence-corrected chi connectivity index (χ2v) is 11.0. The third-order valence-electron chi connectivity index (χ3n) is 6.87. The van der Waals surface area contributed by atoms with Gasteiger partial charge in [0, 0.05) is 22.6 Å². The number of fused-ring (bicyclic) bond motifs is 1. The number of nitrogens with one attached hydrogen (secondary N) is 1. The van der Waals surface area contributed by atoms with E-state index in [4.69, 9.17) is 27.9 Å². The van der Waals surface area contributed by atoms with Crippen molar-refractivity contribution in [3.05, 3.63) is 74.7 Å². The van der Waals surface area contributed by atoms with E-state index in [2.05, 4.69) is 21.2 Å². The van der Waals surface area contributed by atoms with Crippen LogP contribution in [0.25, 0.3) is 10.8 Å². The molecule has 196 valence electrons. The molecular formula is C29H31BrCl2N2O3. The second-order valence-electron chi connectivity index (χ2n) is 9.41. The zero-order chi connectivity index (χ0) is 26.4. The number of ether oxygens (including phenoxy) is 1. The average Bonchev–Trinajstić information content (AvgIpc) is 2.90. The van der Waals surface area contributed by atoms with Crippen LogP contribution in [0.5, 0.6) is 5.75 Å². The molecule has 0 radical (unpaired) electrons. The summed E-state index contributed by atoms with van der Waals surface area (Å²) in [4.78, 5) is 28.6. The molecule has 5 nitrogen and oxygen atoms in total. The van der Waals surface area contributed by atoms with Crippen LogP contribution in [-0.2, 0) is 16.1 Å². The lowest BCUT2D eigenvalue weighted by molar-refractivity contribution is -0.143. The molecule has 0 aromatic heterocycles. The number of rotatable bonds is 9. The Hall–Kier alpha value is -2.28. The third-order valence-corrected chi connectivity index (χ3v) is 8.28. The minimum absolute atomic E-state index is 0.139. The van der Waals surface area contributed by atoms with Gasteiger partial charge >= 0.3 is 0 Å². The van der Waals surface area contributed by atoms with Crippen LogP contribution in [0, 0.1) is 0 Å². The first-order valence-corrected chi connectivity index (χ1v) is 14.3. The molecule has 0 spiro atoms. The Morgan fingerprint density at radius 2 is 1.84 bits per heavy atom. The summed E-state index contributed by atoms with van der Waals surface area (Å²) in [6.45, 7) is 1.87. The van der Waals surface area contributed by atoms with Gasteiger partial charge in [-0.1, -0.05) is 85.8 Å². The van der Waals surface area contributed by atoms with Crippen LogP contribution in [0.3, 0.4) is 0 Å². The standard InChI is InChI=1S/C29H31BrCl2N2O3/c1-2-25(29(36)33-22-9-4-3-5-10-22)34(17-20-12-14-21(31)16-24(20)32)27(35)18-37-26-15-13-19-8-6-7-11-23(19)28(26)30/h6-8,11-16,22,25H,2-5,9-10,17-18H2,1H3,(H,33,36)/t25-/m0/s1. The average molecular weight is 606 g/mol. The van der Waals surface area contributed by atoms with Gasteiger partial charge in [-0.05, 0) is 69.7 Å². The van der Waals surface area contributed by atoms with Crippen molar-refractivity contribution in [2.45, 2.75) is 64.1 Å². The number of halogens is 3. The molecule has 3 aromatic rings. The van der Waals surface area contributed by atoms with Crippen molar-refractivity contribution >= 4 is 61.7 Å². The number of hydrogen-bond donors (Lipinski definition) is 1. The molecule has 1 saturated carbocycles. The van der Waals surface area contributed by atoms with E-state index in [0.29, 0.717) is 22.2 Å². The summed E-state index contributed by atoms with van der Waals surface area (Å²) >= 11 is 16.2. The molecule has 1 aliphatic carbocycles. The molecule has 1 atom stereocenters. The van der Waals surface area contributed by atoms with E-state index >= 15 is 0 Å². The molecule has 0 saturated heterocycles. The van der Waals surface area contributed by atoms with E-state index in [1.54, 1.807) is 23.1 Å². The molecule has 1 fully saturated rings. The van der Waals surface area contributed by atoms with E-state index in [9.17, 15) is 9.59 Å². The van der Waals surface area contributed by atoms with Gasteiger partial charge in [0.1, 0.15) is 11.8 Å². The summed E-state index contributed by atoms with van der Waals surface area (Å²) < 4.78 is 6.76. The maximum atomic E-state index is 13.6. The molecule has 8 heteroatoms. The van der Waals surface area contributed by atoms with Gasteiger partial charge in [0.2, 0.25) is 5.91 Å².